The molecule has 1 saturated carbocycles. The van der Waals surface area contributed by atoms with Crippen LogP contribution in [0.1, 0.15) is 49.5 Å². The Bertz CT molecular complexity index is 802. The summed E-state index contributed by atoms with van der Waals surface area (Å²) in [6.07, 6.45) is 3.12. The van der Waals surface area contributed by atoms with Gasteiger partial charge in [-0.05, 0) is 60.6 Å². The quantitative estimate of drug-likeness (QED) is 0.628. The Morgan fingerprint density at radius 2 is 1.56 bits per heavy atom. The average molecular weight is 404 g/mol. The van der Waals surface area contributed by atoms with Crippen molar-refractivity contribution in [3.63, 3.8) is 0 Å². The standard InChI is InChI=1S/C22H23Cl2NO2/c1-2-19(14-3-4-14)25-20(26)13-27-22(16-7-11-18(24)12-8-16)21(25)15-5-9-17(23)10-6-15/h5-12,14,19,21-22H,2-4,13H2,1H3/t19-,21-,22+/m0/s1. The highest BCUT2D eigenvalue weighted by atomic mass is 35.5. The molecule has 0 unspecified atom stereocenters. The van der Waals surface area contributed by atoms with Crippen LogP contribution in [0.4, 0.5) is 0 Å². The van der Waals surface area contributed by atoms with Crippen molar-refractivity contribution >= 4 is 29.1 Å². The molecule has 2 aromatic rings. The molecule has 3 atom stereocenters. The number of morpholine rings is 1. The highest BCUT2D eigenvalue weighted by Gasteiger charge is 2.45. The zero-order valence-corrected chi connectivity index (χ0v) is 16.8. The van der Waals surface area contributed by atoms with Gasteiger partial charge in [0.25, 0.3) is 0 Å². The second kappa shape index (κ2) is 7.83. The van der Waals surface area contributed by atoms with Gasteiger partial charge in [0.1, 0.15) is 12.7 Å². The lowest BCUT2D eigenvalue weighted by atomic mass is 9.90. The summed E-state index contributed by atoms with van der Waals surface area (Å²) in [6, 6.07) is 15.6. The zero-order chi connectivity index (χ0) is 19.0. The summed E-state index contributed by atoms with van der Waals surface area (Å²) in [5.41, 5.74) is 2.08. The zero-order valence-electron chi connectivity index (χ0n) is 15.3. The molecule has 0 radical (unpaired) electrons. The van der Waals surface area contributed by atoms with E-state index in [-0.39, 0.29) is 30.7 Å². The fourth-order valence-corrected chi connectivity index (χ4v) is 4.44. The number of hydrogen-bond donors (Lipinski definition) is 0. The summed E-state index contributed by atoms with van der Waals surface area (Å²) in [4.78, 5) is 15.0. The normalized spacial score (nSPS) is 24.1. The number of nitrogens with zero attached hydrogens (tertiary/aromatic N) is 1. The van der Waals surface area contributed by atoms with E-state index in [1.807, 2.05) is 48.5 Å². The number of benzene rings is 2. The molecule has 0 aromatic heterocycles. The van der Waals surface area contributed by atoms with E-state index >= 15 is 0 Å². The molecule has 1 amide bonds. The average Bonchev–Trinajstić information content (AvgIpc) is 3.50. The van der Waals surface area contributed by atoms with E-state index in [0.717, 1.165) is 17.5 Å². The van der Waals surface area contributed by atoms with Crippen molar-refractivity contribution < 1.29 is 9.53 Å². The van der Waals surface area contributed by atoms with Crippen molar-refractivity contribution in [1.82, 2.24) is 4.90 Å². The Hall–Kier alpha value is -1.55. The molecule has 0 N–H and O–H groups in total. The van der Waals surface area contributed by atoms with Crippen molar-refractivity contribution in [3.05, 3.63) is 69.7 Å². The fourth-order valence-electron chi connectivity index (χ4n) is 4.18. The first kappa shape index (κ1) is 18.8. The van der Waals surface area contributed by atoms with Crippen LogP contribution in [-0.4, -0.2) is 23.5 Å². The molecule has 1 aliphatic heterocycles. The molecule has 1 heterocycles. The van der Waals surface area contributed by atoms with Crippen LogP contribution in [0, 0.1) is 5.92 Å². The molecule has 1 saturated heterocycles. The monoisotopic (exact) mass is 403 g/mol. The molecule has 2 aliphatic rings. The Morgan fingerprint density at radius 1 is 1.00 bits per heavy atom. The van der Waals surface area contributed by atoms with Gasteiger partial charge in [0.15, 0.2) is 0 Å². The van der Waals surface area contributed by atoms with E-state index in [1.165, 1.54) is 12.8 Å². The summed E-state index contributed by atoms with van der Waals surface area (Å²) in [5.74, 6) is 0.664. The highest BCUT2D eigenvalue weighted by molar-refractivity contribution is 6.30. The van der Waals surface area contributed by atoms with Gasteiger partial charge in [-0.15, -0.1) is 0 Å². The highest BCUT2D eigenvalue weighted by Crippen LogP contribution is 2.46. The molecule has 2 fully saturated rings. The summed E-state index contributed by atoms with van der Waals surface area (Å²) in [5, 5.41) is 1.38. The number of hydrogen-bond acceptors (Lipinski definition) is 2. The Labute approximate surface area is 170 Å². The van der Waals surface area contributed by atoms with Gasteiger partial charge in [0.05, 0.1) is 6.04 Å². The van der Waals surface area contributed by atoms with E-state index < -0.39 is 0 Å². The predicted octanol–water partition coefficient (Wildman–Crippen LogP) is 5.82. The number of carbonyl (C=O) groups is 1. The minimum absolute atomic E-state index is 0.0684. The third-order valence-electron chi connectivity index (χ3n) is 5.61. The van der Waals surface area contributed by atoms with Crippen LogP contribution in [0.3, 0.4) is 0 Å². The number of ether oxygens (including phenoxy) is 1. The largest absolute Gasteiger partial charge is 0.361 e. The molecular weight excluding hydrogens is 381 g/mol. The third kappa shape index (κ3) is 3.87. The van der Waals surface area contributed by atoms with Gasteiger partial charge in [0, 0.05) is 16.1 Å². The minimum atomic E-state index is -0.228. The van der Waals surface area contributed by atoms with Gasteiger partial charge in [0.2, 0.25) is 5.91 Å². The van der Waals surface area contributed by atoms with Crippen molar-refractivity contribution in [2.24, 2.45) is 5.92 Å². The van der Waals surface area contributed by atoms with Gasteiger partial charge in [-0.3, -0.25) is 4.79 Å². The van der Waals surface area contributed by atoms with Crippen LogP contribution in [0.2, 0.25) is 10.0 Å². The topological polar surface area (TPSA) is 29.5 Å². The van der Waals surface area contributed by atoms with Crippen LogP contribution in [0.25, 0.3) is 0 Å². The van der Waals surface area contributed by atoms with Crippen molar-refractivity contribution in [1.29, 1.82) is 0 Å². The van der Waals surface area contributed by atoms with E-state index in [1.54, 1.807) is 0 Å². The maximum absolute atomic E-state index is 13.0. The summed E-state index contributed by atoms with van der Waals surface area (Å²) in [6.45, 7) is 2.28. The molecule has 1 aliphatic carbocycles. The van der Waals surface area contributed by atoms with Crippen LogP contribution >= 0.6 is 23.2 Å². The lowest BCUT2D eigenvalue weighted by molar-refractivity contribution is -0.164. The van der Waals surface area contributed by atoms with E-state index in [9.17, 15) is 4.79 Å². The molecule has 142 valence electrons. The smallest absolute Gasteiger partial charge is 0.249 e. The van der Waals surface area contributed by atoms with E-state index in [0.29, 0.717) is 16.0 Å². The second-order valence-corrected chi connectivity index (χ2v) is 8.27. The first-order valence-corrected chi connectivity index (χ1v) is 10.3. The summed E-state index contributed by atoms with van der Waals surface area (Å²) < 4.78 is 6.07. The fraction of sp³-hybridized carbons (Fsp3) is 0.409. The van der Waals surface area contributed by atoms with E-state index in [2.05, 4.69) is 11.8 Å². The molecule has 2 aromatic carbocycles. The van der Waals surface area contributed by atoms with Crippen LogP contribution in [0.5, 0.6) is 0 Å². The first-order chi connectivity index (χ1) is 13.1. The lowest BCUT2D eigenvalue weighted by Crippen LogP contribution is -2.51. The maximum atomic E-state index is 13.0. The van der Waals surface area contributed by atoms with Gasteiger partial charge in [-0.2, -0.15) is 0 Å². The van der Waals surface area contributed by atoms with Gasteiger partial charge < -0.3 is 9.64 Å². The second-order valence-electron chi connectivity index (χ2n) is 7.39. The van der Waals surface area contributed by atoms with Crippen molar-refractivity contribution in [2.45, 2.75) is 44.4 Å². The molecule has 5 heteroatoms. The predicted molar refractivity (Wildman–Crippen MR) is 108 cm³/mol. The number of carbonyl (C=O) groups excluding carboxylic acids is 1. The number of halogens is 2. The summed E-state index contributed by atoms with van der Waals surface area (Å²) >= 11 is 12.2. The molecule has 4 rings (SSSR count). The SMILES string of the molecule is CC[C@@H](C1CC1)N1C(=O)CO[C@H](c2ccc(Cl)cc2)[C@@H]1c1ccc(Cl)cc1. The molecular formula is C22H23Cl2NO2. The van der Waals surface area contributed by atoms with Gasteiger partial charge >= 0.3 is 0 Å². The Kier molecular flexibility index (Phi) is 5.45. The molecule has 0 bridgehead atoms. The number of rotatable bonds is 5. The lowest BCUT2D eigenvalue weighted by Gasteiger charge is -2.45. The van der Waals surface area contributed by atoms with Crippen molar-refractivity contribution in [2.75, 3.05) is 6.61 Å². The molecule has 27 heavy (non-hydrogen) atoms. The van der Waals surface area contributed by atoms with Gasteiger partial charge in [-0.1, -0.05) is 54.4 Å². The number of amides is 1. The minimum Gasteiger partial charge on any atom is -0.361 e. The Morgan fingerprint density at radius 3 is 2.07 bits per heavy atom. The summed E-state index contributed by atoms with van der Waals surface area (Å²) in [7, 11) is 0. The first-order valence-electron chi connectivity index (χ1n) is 9.52. The maximum Gasteiger partial charge on any atom is 0.249 e. The van der Waals surface area contributed by atoms with Crippen LogP contribution < -0.4 is 0 Å². The van der Waals surface area contributed by atoms with Gasteiger partial charge in [-0.25, -0.2) is 0 Å². The molecule has 0 spiro atoms. The molecule has 3 nitrogen and oxygen atoms in total. The van der Waals surface area contributed by atoms with E-state index in [4.69, 9.17) is 27.9 Å². The Balaban J connectivity index is 1.78. The van der Waals surface area contributed by atoms with Crippen LogP contribution in [0.15, 0.2) is 48.5 Å². The third-order valence-corrected chi connectivity index (χ3v) is 6.12. The van der Waals surface area contributed by atoms with Crippen LogP contribution in [-0.2, 0) is 9.53 Å². The van der Waals surface area contributed by atoms with Crippen molar-refractivity contribution in [3.8, 4) is 0 Å².